The fourth-order valence-corrected chi connectivity index (χ4v) is 8.28. The highest BCUT2D eigenvalue weighted by Crippen LogP contribution is 2.66. The summed E-state index contributed by atoms with van der Waals surface area (Å²) in [6, 6.07) is 1.15. The Balaban J connectivity index is 1.40. The number of amides is 1. The summed E-state index contributed by atoms with van der Waals surface area (Å²) in [6.45, 7) is 4.27. The van der Waals surface area contributed by atoms with Crippen LogP contribution < -0.4 is 5.32 Å². The predicted molar refractivity (Wildman–Crippen MR) is 125 cm³/mol. The van der Waals surface area contributed by atoms with Gasteiger partial charge in [0.1, 0.15) is 0 Å². The number of halogens is 6. The van der Waals surface area contributed by atoms with Crippen molar-refractivity contribution in [3.05, 3.63) is 41.0 Å². The number of carbonyl (C=O) groups is 2. The van der Waals surface area contributed by atoms with E-state index < -0.39 is 46.4 Å². The lowest BCUT2D eigenvalue weighted by Crippen LogP contribution is -2.51. The van der Waals surface area contributed by atoms with E-state index in [9.17, 15) is 35.9 Å². The van der Waals surface area contributed by atoms with E-state index in [1.807, 2.05) is 13.0 Å². The molecule has 3 fully saturated rings. The van der Waals surface area contributed by atoms with Crippen molar-refractivity contribution in [2.45, 2.75) is 77.6 Å². The van der Waals surface area contributed by atoms with E-state index in [0.29, 0.717) is 42.9 Å². The number of alkyl halides is 6. The van der Waals surface area contributed by atoms with E-state index in [-0.39, 0.29) is 17.1 Å². The lowest BCUT2D eigenvalue weighted by Gasteiger charge is -2.58. The molecule has 202 valence electrons. The minimum absolute atomic E-state index is 0.0435. The lowest BCUT2D eigenvalue weighted by atomic mass is 9.47. The number of carbonyl (C=O) groups excluding carboxylic acids is 2. The van der Waals surface area contributed by atoms with Gasteiger partial charge in [-0.05, 0) is 97.8 Å². The van der Waals surface area contributed by atoms with Crippen LogP contribution in [0.3, 0.4) is 0 Å². The Hall–Kier alpha value is -2.32. The first-order chi connectivity index (χ1) is 17.1. The van der Waals surface area contributed by atoms with Crippen LogP contribution in [0.5, 0.6) is 0 Å². The van der Waals surface area contributed by atoms with Gasteiger partial charge in [0.2, 0.25) is 5.91 Å². The van der Waals surface area contributed by atoms with Crippen molar-refractivity contribution in [1.82, 2.24) is 0 Å². The van der Waals surface area contributed by atoms with Gasteiger partial charge >= 0.3 is 12.4 Å². The minimum Gasteiger partial charge on any atom is -0.325 e. The van der Waals surface area contributed by atoms with Gasteiger partial charge in [-0.2, -0.15) is 26.3 Å². The van der Waals surface area contributed by atoms with Gasteiger partial charge in [-0.25, -0.2) is 0 Å². The molecule has 1 aromatic rings. The Labute approximate surface area is 212 Å². The van der Waals surface area contributed by atoms with Crippen LogP contribution in [-0.2, 0) is 21.9 Å². The Morgan fingerprint density at radius 2 is 1.65 bits per heavy atom. The fraction of sp³-hybridized carbons (Fsp3) is 0.643. The molecule has 37 heavy (non-hydrogen) atoms. The lowest BCUT2D eigenvalue weighted by molar-refractivity contribution is -0.141. The molecule has 1 aromatic carbocycles. The van der Waals surface area contributed by atoms with Gasteiger partial charge in [-0.1, -0.05) is 19.4 Å². The third kappa shape index (κ3) is 4.30. The molecule has 0 bridgehead atoms. The van der Waals surface area contributed by atoms with Gasteiger partial charge in [0, 0.05) is 12.3 Å². The number of hydrogen-bond donors (Lipinski definition) is 1. The van der Waals surface area contributed by atoms with Crippen molar-refractivity contribution in [2.24, 2.45) is 34.5 Å². The summed E-state index contributed by atoms with van der Waals surface area (Å²) in [4.78, 5) is 25.4. The number of benzene rings is 1. The quantitative estimate of drug-likeness (QED) is 0.399. The Bertz CT molecular complexity index is 1150. The predicted octanol–water partition coefficient (Wildman–Crippen LogP) is 7.81. The number of fused-ring (bicyclic) bond motifs is 5. The number of ketones is 1. The van der Waals surface area contributed by atoms with Crippen LogP contribution >= 0.6 is 0 Å². The van der Waals surface area contributed by atoms with Crippen LogP contribution in [0.4, 0.5) is 32.0 Å². The first-order valence-electron chi connectivity index (χ1n) is 13.0. The van der Waals surface area contributed by atoms with Gasteiger partial charge in [0.15, 0.2) is 5.78 Å². The van der Waals surface area contributed by atoms with Gasteiger partial charge in [-0.15, -0.1) is 0 Å². The van der Waals surface area contributed by atoms with Crippen LogP contribution in [-0.4, -0.2) is 11.7 Å². The molecule has 6 atom stereocenters. The van der Waals surface area contributed by atoms with Gasteiger partial charge < -0.3 is 5.32 Å². The average Bonchev–Trinajstić information content (AvgIpc) is 3.15. The summed E-state index contributed by atoms with van der Waals surface area (Å²) in [5.41, 5.74) is -2.63. The monoisotopic (exact) mass is 527 g/mol. The van der Waals surface area contributed by atoms with Gasteiger partial charge in [-0.3, -0.25) is 9.59 Å². The highest BCUT2D eigenvalue weighted by atomic mass is 19.4. The summed E-state index contributed by atoms with van der Waals surface area (Å²) < 4.78 is 80.4. The van der Waals surface area contributed by atoms with Crippen LogP contribution in [0.1, 0.15) is 76.3 Å². The first kappa shape index (κ1) is 26.3. The van der Waals surface area contributed by atoms with Crippen molar-refractivity contribution < 1.29 is 35.9 Å². The molecule has 4 aliphatic carbocycles. The molecule has 6 unspecified atom stereocenters. The average molecular weight is 528 g/mol. The van der Waals surface area contributed by atoms with Crippen LogP contribution in [0.15, 0.2) is 29.8 Å². The highest BCUT2D eigenvalue weighted by molar-refractivity contribution is 5.94. The summed E-state index contributed by atoms with van der Waals surface area (Å²) in [7, 11) is 0. The van der Waals surface area contributed by atoms with Crippen LogP contribution in [0, 0.1) is 34.5 Å². The van der Waals surface area contributed by atoms with Crippen molar-refractivity contribution in [1.29, 1.82) is 0 Å². The third-order valence-corrected chi connectivity index (χ3v) is 10.2. The molecule has 0 spiro atoms. The normalized spacial score (nSPS) is 35.8. The maximum absolute atomic E-state index is 13.6. The van der Waals surface area contributed by atoms with Crippen molar-refractivity contribution in [2.75, 3.05) is 5.32 Å². The van der Waals surface area contributed by atoms with E-state index in [0.717, 1.165) is 38.5 Å². The molecule has 0 heterocycles. The van der Waals surface area contributed by atoms with E-state index in [4.69, 9.17) is 0 Å². The van der Waals surface area contributed by atoms with Crippen molar-refractivity contribution >= 4 is 17.4 Å². The number of hydrogen-bond acceptors (Lipinski definition) is 2. The van der Waals surface area contributed by atoms with Gasteiger partial charge in [0.25, 0.3) is 0 Å². The summed E-state index contributed by atoms with van der Waals surface area (Å²) >= 11 is 0. The minimum atomic E-state index is -4.91. The number of nitrogens with one attached hydrogen (secondary N) is 1. The SMILES string of the molecule is CC12CCC(=O)C=C1CCC1C2CCC2(C)C(C(=O)Nc3cc(C(F)(F)F)ccc3C(F)(F)F)CCC12. The van der Waals surface area contributed by atoms with Crippen LogP contribution in [0.25, 0.3) is 0 Å². The van der Waals surface area contributed by atoms with Crippen LogP contribution in [0.2, 0.25) is 0 Å². The molecule has 3 saturated carbocycles. The molecule has 1 amide bonds. The fourth-order valence-electron chi connectivity index (χ4n) is 8.28. The highest BCUT2D eigenvalue weighted by Gasteiger charge is 2.60. The van der Waals surface area contributed by atoms with E-state index in [1.165, 1.54) is 5.57 Å². The molecule has 0 radical (unpaired) electrons. The van der Waals surface area contributed by atoms with E-state index in [2.05, 4.69) is 12.2 Å². The van der Waals surface area contributed by atoms with Crippen molar-refractivity contribution in [3.63, 3.8) is 0 Å². The second kappa shape index (κ2) is 8.60. The van der Waals surface area contributed by atoms with Crippen molar-refractivity contribution in [3.8, 4) is 0 Å². The molecule has 0 aromatic heterocycles. The first-order valence-corrected chi connectivity index (χ1v) is 13.0. The largest absolute Gasteiger partial charge is 0.418 e. The maximum Gasteiger partial charge on any atom is 0.418 e. The summed E-state index contributed by atoms with van der Waals surface area (Å²) in [5, 5.41) is 2.25. The van der Waals surface area contributed by atoms with E-state index in [1.54, 1.807) is 0 Å². The number of allylic oxidation sites excluding steroid dienone is 1. The molecule has 3 nitrogen and oxygen atoms in total. The second-order valence-corrected chi connectivity index (χ2v) is 11.9. The smallest absolute Gasteiger partial charge is 0.325 e. The molecule has 0 saturated heterocycles. The number of anilines is 1. The standard InChI is InChI=1S/C28H31F6NO2/c1-25-11-9-17(36)13-15(25)3-5-18-19-7-8-22(26(19,2)12-10-20(18)25)24(37)35-23-14-16(27(29,30)31)4-6-21(23)28(32,33)34/h4,6,13-14,18-20,22H,3,5,7-12H2,1-2H3,(H,35,37). The Kier molecular flexibility index (Phi) is 6.11. The molecular formula is C28H31F6NO2. The summed E-state index contributed by atoms with van der Waals surface area (Å²) in [5.74, 6) is -0.0866. The van der Waals surface area contributed by atoms with Gasteiger partial charge in [0.05, 0.1) is 16.8 Å². The molecule has 9 heteroatoms. The molecule has 1 N–H and O–H groups in total. The molecule has 4 aliphatic rings. The zero-order valence-corrected chi connectivity index (χ0v) is 20.9. The topological polar surface area (TPSA) is 46.2 Å². The third-order valence-electron chi connectivity index (χ3n) is 10.2. The number of rotatable bonds is 2. The zero-order valence-electron chi connectivity index (χ0n) is 20.9. The molecule has 0 aliphatic heterocycles. The Morgan fingerprint density at radius 3 is 2.32 bits per heavy atom. The summed E-state index contributed by atoms with van der Waals surface area (Å²) in [6.07, 6.45) is -1.96. The molecule has 5 rings (SSSR count). The molecular weight excluding hydrogens is 496 g/mol. The van der Waals surface area contributed by atoms with E-state index >= 15 is 0 Å². The zero-order chi connectivity index (χ0) is 27.0. The maximum atomic E-state index is 13.6. The Morgan fingerprint density at radius 1 is 0.919 bits per heavy atom. The second-order valence-electron chi connectivity index (χ2n) is 11.9.